The molecule has 1 aromatic carbocycles. The molecule has 0 atom stereocenters. The molecular weight excluding hydrogens is 202 g/mol. The molecule has 2 aromatic rings. The molecule has 0 saturated carbocycles. The van der Waals surface area contributed by atoms with Crippen molar-refractivity contribution in [2.75, 3.05) is 7.11 Å². The van der Waals surface area contributed by atoms with Crippen LogP contribution in [-0.2, 0) is 6.42 Å². The van der Waals surface area contributed by atoms with Gasteiger partial charge in [-0.25, -0.2) is 0 Å². The first-order valence-corrected chi connectivity index (χ1v) is 5.45. The number of fused-ring (bicyclic) bond motifs is 1. The molecule has 0 saturated heterocycles. The molecule has 1 heterocycles. The minimum absolute atomic E-state index is 0.0441. The summed E-state index contributed by atoms with van der Waals surface area (Å²) in [5.74, 6) is 0.709. The van der Waals surface area contributed by atoms with E-state index in [0.29, 0.717) is 5.75 Å². The Morgan fingerprint density at radius 3 is 2.75 bits per heavy atom. The van der Waals surface area contributed by atoms with Gasteiger partial charge in [-0.1, -0.05) is 25.5 Å². The zero-order valence-corrected chi connectivity index (χ0v) is 9.54. The lowest BCUT2D eigenvalue weighted by molar-refractivity contribution is 0.413. The Morgan fingerprint density at radius 1 is 1.31 bits per heavy atom. The van der Waals surface area contributed by atoms with Crippen LogP contribution in [0, 0.1) is 0 Å². The van der Waals surface area contributed by atoms with Crippen molar-refractivity contribution in [3.05, 3.63) is 40.2 Å². The van der Waals surface area contributed by atoms with Gasteiger partial charge in [-0.05, 0) is 18.6 Å². The topological polar surface area (TPSA) is 42.1 Å². The van der Waals surface area contributed by atoms with Crippen molar-refractivity contribution in [1.29, 1.82) is 0 Å². The van der Waals surface area contributed by atoms with Crippen molar-refractivity contribution in [2.24, 2.45) is 0 Å². The molecule has 1 N–H and O–H groups in total. The van der Waals surface area contributed by atoms with E-state index in [1.807, 2.05) is 31.2 Å². The van der Waals surface area contributed by atoms with Gasteiger partial charge in [-0.15, -0.1) is 0 Å². The number of benzene rings is 1. The van der Waals surface area contributed by atoms with Gasteiger partial charge < -0.3 is 9.72 Å². The highest BCUT2D eigenvalue weighted by Gasteiger charge is 2.11. The van der Waals surface area contributed by atoms with Gasteiger partial charge >= 0.3 is 0 Å². The van der Waals surface area contributed by atoms with Gasteiger partial charge in [0.1, 0.15) is 5.75 Å². The Morgan fingerprint density at radius 2 is 2.06 bits per heavy atom. The average molecular weight is 217 g/mol. The predicted molar refractivity (Wildman–Crippen MR) is 65.1 cm³/mol. The molecule has 1 aromatic heterocycles. The molecule has 3 heteroatoms. The molecule has 2 rings (SSSR count). The lowest BCUT2D eigenvalue weighted by Gasteiger charge is -2.10. The standard InChI is InChI=1S/C13H15NO2/c1-3-6-10-12(16-2)9-7-4-5-8-11(9)14-13(10)15/h4-5,7-8H,3,6H2,1-2H3,(H,14,15). The Kier molecular flexibility index (Phi) is 2.95. The summed E-state index contributed by atoms with van der Waals surface area (Å²) in [7, 11) is 1.61. The first kappa shape index (κ1) is 10.7. The van der Waals surface area contributed by atoms with Crippen molar-refractivity contribution in [3.8, 4) is 5.75 Å². The highest BCUT2D eigenvalue weighted by Crippen LogP contribution is 2.26. The molecule has 0 spiro atoms. The van der Waals surface area contributed by atoms with Crippen LogP contribution < -0.4 is 10.3 Å². The van der Waals surface area contributed by atoms with E-state index in [2.05, 4.69) is 4.98 Å². The molecule has 0 amide bonds. The number of para-hydroxylation sites is 1. The predicted octanol–water partition coefficient (Wildman–Crippen LogP) is 2.49. The number of pyridine rings is 1. The fourth-order valence-corrected chi connectivity index (χ4v) is 1.96. The van der Waals surface area contributed by atoms with Crippen LogP contribution in [0.5, 0.6) is 5.75 Å². The number of aromatic nitrogens is 1. The monoisotopic (exact) mass is 217 g/mol. The Bertz CT molecular complexity index is 557. The van der Waals surface area contributed by atoms with E-state index in [-0.39, 0.29) is 5.56 Å². The van der Waals surface area contributed by atoms with E-state index < -0.39 is 0 Å². The van der Waals surface area contributed by atoms with Crippen molar-refractivity contribution in [3.63, 3.8) is 0 Å². The van der Waals surface area contributed by atoms with E-state index >= 15 is 0 Å². The summed E-state index contributed by atoms with van der Waals surface area (Å²) in [5, 5.41) is 0.966. The zero-order valence-electron chi connectivity index (χ0n) is 9.54. The highest BCUT2D eigenvalue weighted by molar-refractivity contribution is 5.86. The third kappa shape index (κ3) is 1.69. The van der Waals surface area contributed by atoms with E-state index in [4.69, 9.17) is 4.74 Å². The van der Waals surface area contributed by atoms with Gasteiger partial charge in [0.05, 0.1) is 18.2 Å². The molecule has 0 bridgehead atoms. The molecular formula is C13H15NO2. The Balaban J connectivity index is 2.79. The van der Waals surface area contributed by atoms with Gasteiger partial charge in [-0.2, -0.15) is 0 Å². The molecule has 0 aliphatic carbocycles. The second-order valence-electron chi connectivity index (χ2n) is 3.76. The van der Waals surface area contributed by atoms with Crippen LogP contribution in [0.25, 0.3) is 10.9 Å². The molecule has 3 nitrogen and oxygen atoms in total. The summed E-state index contributed by atoms with van der Waals surface area (Å²) >= 11 is 0. The van der Waals surface area contributed by atoms with Gasteiger partial charge in [0.25, 0.3) is 5.56 Å². The molecule has 16 heavy (non-hydrogen) atoms. The van der Waals surface area contributed by atoms with Crippen LogP contribution in [0.2, 0.25) is 0 Å². The van der Waals surface area contributed by atoms with Gasteiger partial charge in [0, 0.05) is 5.39 Å². The third-order valence-electron chi connectivity index (χ3n) is 2.67. The van der Waals surface area contributed by atoms with E-state index in [1.165, 1.54) is 0 Å². The smallest absolute Gasteiger partial charge is 0.255 e. The highest BCUT2D eigenvalue weighted by atomic mass is 16.5. The van der Waals surface area contributed by atoms with E-state index in [0.717, 1.165) is 29.3 Å². The van der Waals surface area contributed by atoms with Crippen LogP contribution in [0.15, 0.2) is 29.1 Å². The normalized spacial score (nSPS) is 10.6. The molecule has 0 aliphatic heterocycles. The molecule has 84 valence electrons. The van der Waals surface area contributed by atoms with Crippen molar-refractivity contribution in [1.82, 2.24) is 4.98 Å². The summed E-state index contributed by atoms with van der Waals surface area (Å²) in [6, 6.07) is 7.69. The summed E-state index contributed by atoms with van der Waals surface area (Å²) in [5.41, 5.74) is 1.52. The third-order valence-corrected chi connectivity index (χ3v) is 2.67. The Hall–Kier alpha value is -1.77. The van der Waals surface area contributed by atoms with Crippen LogP contribution in [0.3, 0.4) is 0 Å². The SMILES string of the molecule is CCCc1c(OC)c2ccccc2[nH]c1=O. The molecule has 0 unspecified atom stereocenters. The first-order chi connectivity index (χ1) is 7.77. The number of H-pyrrole nitrogens is 1. The Labute approximate surface area is 94.1 Å². The molecule has 0 aliphatic rings. The lowest BCUT2D eigenvalue weighted by Crippen LogP contribution is -2.14. The quantitative estimate of drug-likeness (QED) is 0.858. The summed E-state index contributed by atoms with van der Waals surface area (Å²) in [4.78, 5) is 14.7. The van der Waals surface area contributed by atoms with Crippen molar-refractivity contribution in [2.45, 2.75) is 19.8 Å². The summed E-state index contributed by atoms with van der Waals surface area (Å²) in [6.45, 7) is 2.05. The van der Waals surface area contributed by atoms with Gasteiger partial charge in [0.15, 0.2) is 0 Å². The number of nitrogens with one attached hydrogen (secondary N) is 1. The first-order valence-electron chi connectivity index (χ1n) is 5.45. The zero-order chi connectivity index (χ0) is 11.5. The summed E-state index contributed by atoms with van der Waals surface area (Å²) in [6.07, 6.45) is 1.67. The van der Waals surface area contributed by atoms with Crippen LogP contribution in [0.4, 0.5) is 0 Å². The van der Waals surface area contributed by atoms with Crippen molar-refractivity contribution >= 4 is 10.9 Å². The minimum Gasteiger partial charge on any atom is -0.496 e. The fourth-order valence-electron chi connectivity index (χ4n) is 1.96. The van der Waals surface area contributed by atoms with E-state index in [9.17, 15) is 4.79 Å². The second-order valence-corrected chi connectivity index (χ2v) is 3.76. The minimum atomic E-state index is -0.0441. The van der Waals surface area contributed by atoms with Crippen LogP contribution in [-0.4, -0.2) is 12.1 Å². The lowest BCUT2D eigenvalue weighted by atomic mass is 10.1. The summed E-state index contributed by atoms with van der Waals surface area (Å²) < 4.78 is 5.37. The fraction of sp³-hybridized carbons (Fsp3) is 0.308. The van der Waals surface area contributed by atoms with Gasteiger partial charge in [-0.3, -0.25) is 4.79 Å². The number of hydrogen-bond acceptors (Lipinski definition) is 2. The number of ether oxygens (including phenoxy) is 1. The maximum absolute atomic E-state index is 11.9. The maximum Gasteiger partial charge on any atom is 0.255 e. The number of aromatic amines is 1. The van der Waals surface area contributed by atoms with Crippen molar-refractivity contribution < 1.29 is 4.74 Å². The number of hydrogen-bond donors (Lipinski definition) is 1. The second kappa shape index (κ2) is 4.39. The number of methoxy groups -OCH3 is 1. The molecule has 0 radical (unpaired) electrons. The average Bonchev–Trinajstić information content (AvgIpc) is 2.30. The maximum atomic E-state index is 11.9. The van der Waals surface area contributed by atoms with Gasteiger partial charge in [0.2, 0.25) is 0 Å². The largest absolute Gasteiger partial charge is 0.496 e. The van der Waals surface area contributed by atoms with Crippen LogP contribution >= 0.6 is 0 Å². The number of rotatable bonds is 3. The molecule has 0 fully saturated rings. The van der Waals surface area contributed by atoms with Crippen LogP contribution in [0.1, 0.15) is 18.9 Å². The van der Waals surface area contributed by atoms with E-state index in [1.54, 1.807) is 7.11 Å².